The predicted molar refractivity (Wildman–Crippen MR) is 95.9 cm³/mol. The molecule has 0 saturated carbocycles. The van der Waals surface area contributed by atoms with Gasteiger partial charge in [-0.05, 0) is 51.3 Å². The fraction of sp³-hybridized carbons (Fsp3) is 0.556. The van der Waals surface area contributed by atoms with Crippen molar-refractivity contribution in [3.05, 3.63) is 39.4 Å². The average molecular weight is 360 g/mol. The molecule has 2 amide bonds. The number of nitrogens with zero attached hydrogens (tertiary/aromatic N) is 2. The first-order valence-corrected chi connectivity index (χ1v) is 9.04. The molecule has 0 bridgehead atoms. The molecular weight excluding hydrogens is 336 g/mol. The molecule has 2 aliphatic rings. The number of aryl methyl sites for hydroxylation is 1. The molecule has 0 spiro atoms. The topological polar surface area (TPSA) is 105 Å². The van der Waals surface area contributed by atoms with Crippen molar-refractivity contribution >= 4 is 17.5 Å². The van der Waals surface area contributed by atoms with Gasteiger partial charge in [-0.15, -0.1) is 0 Å². The maximum Gasteiger partial charge on any atom is 0.272 e. The Bertz CT molecular complexity index is 715. The molecule has 0 aromatic heterocycles. The molecule has 2 heterocycles. The van der Waals surface area contributed by atoms with Crippen LogP contribution in [0.25, 0.3) is 0 Å². The number of carbonyl (C=O) groups excluding carboxylic acids is 2. The van der Waals surface area contributed by atoms with Crippen molar-refractivity contribution in [3.63, 3.8) is 0 Å². The van der Waals surface area contributed by atoms with E-state index < -0.39 is 11.0 Å². The minimum absolute atomic E-state index is 0.0120. The van der Waals surface area contributed by atoms with Gasteiger partial charge in [0.1, 0.15) is 6.04 Å². The zero-order valence-electron chi connectivity index (χ0n) is 14.9. The zero-order chi connectivity index (χ0) is 18.7. The van der Waals surface area contributed by atoms with Crippen molar-refractivity contribution in [3.8, 4) is 0 Å². The lowest BCUT2D eigenvalue weighted by molar-refractivity contribution is -0.385. The minimum atomic E-state index is -0.472. The molecule has 3 rings (SSSR count). The van der Waals surface area contributed by atoms with Gasteiger partial charge in [-0.3, -0.25) is 19.7 Å². The lowest BCUT2D eigenvalue weighted by Gasteiger charge is -2.28. The summed E-state index contributed by atoms with van der Waals surface area (Å²) in [5.74, 6) is -0.356. The minimum Gasteiger partial charge on any atom is -0.350 e. The Balaban J connectivity index is 1.70. The Kier molecular flexibility index (Phi) is 5.51. The maximum absolute atomic E-state index is 12.9. The van der Waals surface area contributed by atoms with Crippen molar-refractivity contribution in [2.75, 3.05) is 19.6 Å². The lowest BCUT2D eigenvalue weighted by Crippen LogP contribution is -2.52. The van der Waals surface area contributed by atoms with Gasteiger partial charge in [0, 0.05) is 36.3 Å². The van der Waals surface area contributed by atoms with E-state index in [1.54, 1.807) is 11.8 Å². The van der Waals surface area contributed by atoms with Crippen molar-refractivity contribution < 1.29 is 14.5 Å². The largest absolute Gasteiger partial charge is 0.350 e. The Morgan fingerprint density at radius 2 is 2.12 bits per heavy atom. The summed E-state index contributed by atoms with van der Waals surface area (Å²) in [4.78, 5) is 37.6. The Morgan fingerprint density at radius 1 is 1.31 bits per heavy atom. The van der Waals surface area contributed by atoms with Crippen molar-refractivity contribution in [2.45, 2.75) is 44.7 Å². The number of rotatable bonds is 4. The Labute approximate surface area is 152 Å². The summed E-state index contributed by atoms with van der Waals surface area (Å²) in [6.07, 6.45) is 3.39. The number of hydrogen-bond acceptors (Lipinski definition) is 5. The van der Waals surface area contributed by atoms with Crippen LogP contribution in [-0.4, -0.2) is 53.4 Å². The molecule has 8 nitrogen and oxygen atoms in total. The second-order valence-corrected chi connectivity index (χ2v) is 6.97. The normalized spacial score (nSPS) is 22.9. The molecule has 2 N–H and O–H groups in total. The first-order valence-electron chi connectivity index (χ1n) is 9.04. The number of amides is 2. The number of likely N-dealkylation sites (tertiary alicyclic amines) is 1. The SMILES string of the molecule is Cc1cc(C(=O)N2CCCC2C(=O)NC2CCCNC2)ccc1[N+](=O)[O-]. The van der Waals surface area contributed by atoms with Crippen LogP contribution in [0.3, 0.4) is 0 Å². The first-order chi connectivity index (χ1) is 12.5. The number of benzene rings is 1. The van der Waals surface area contributed by atoms with Gasteiger partial charge in [0.2, 0.25) is 5.91 Å². The lowest BCUT2D eigenvalue weighted by atomic mass is 10.1. The van der Waals surface area contributed by atoms with E-state index >= 15 is 0 Å². The number of carbonyl (C=O) groups is 2. The standard InChI is InChI=1S/C18H24N4O4/c1-12-10-13(6-7-15(12)22(25)26)18(24)21-9-3-5-16(21)17(23)20-14-4-2-8-19-11-14/h6-7,10,14,16,19H,2-5,8-9,11H2,1H3,(H,20,23). The van der Waals surface area contributed by atoms with Crippen molar-refractivity contribution in [1.29, 1.82) is 0 Å². The van der Waals surface area contributed by atoms with E-state index in [1.165, 1.54) is 18.2 Å². The van der Waals surface area contributed by atoms with E-state index in [9.17, 15) is 19.7 Å². The van der Waals surface area contributed by atoms with E-state index in [0.717, 1.165) is 32.4 Å². The smallest absolute Gasteiger partial charge is 0.272 e. The zero-order valence-corrected chi connectivity index (χ0v) is 14.9. The van der Waals surface area contributed by atoms with Crippen LogP contribution < -0.4 is 10.6 Å². The van der Waals surface area contributed by atoms with Crippen LogP contribution >= 0.6 is 0 Å². The molecule has 2 aliphatic heterocycles. The maximum atomic E-state index is 12.9. The van der Waals surface area contributed by atoms with E-state index in [-0.39, 0.29) is 23.5 Å². The molecule has 2 atom stereocenters. The van der Waals surface area contributed by atoms with E-state index in [4.69, 9.17) is 0 Å². The molecule has 0 aliphatic carbocycles. The highest BCUT2D eigenvalue weighted by Gasteiger charge is 2.35. The van der Waals surface area contributed by atoms with Crippen LogP contribution in [0.4, 0.5) is 5.69 Å². The van der Waals surface area contributed by atoms with Crippen molar-refractivity contribution in [2.24, 2.45) is 0 Å². The van der Waals surface area contributed by atoms with Crippen LogP contribution in [0.2, 0.25) is 0 Å². The third kappa shape index (κ3) is 3.85. The Hall–Kier alpha value is -2.48. The van der Waals surface area contributed by atoms with Gasteiger partial charge in [0.05, 0.1) is 4.92 Å². The molecular formula is C18H24N4O4. The van der Waals surface area contributed by atoms with E-state index in [1.807, 2.05) is 0 Å². The first kappa shape index (κ1) is 18.3. The summed E-state index contributed by atoms with van der Waals surface area (Å²) in [6.45, 7) is 3.86. The van der Waals surface area contributed by atoms with Crippen LogP contribution in [0.1, 0.15) is 41.6 Å². The molecule has 140 valence electrons. The van der Waals surface area contributed by atoms with Gasteiger partial charge >= 0.3 is 0 Å². The highest BCUT2D eigenvalue weighted by atomic mass is 16.6. The van der Waals surface area contributed by atoms with Crippen LogP contribution in [0.5, 0.6) is 0 Å². The number of nitro benzene ring substituents is 1. The van der Waals surface area contributed by atoms with Gasteiger partial charge in [0.25, 0.3) is 11.6 Å². The molecule has 8 heteroatoms. The summed E-state index contributed by atoms with van der Waals surface area (Å²) >= 11 is 0. The molecule has 2 saturated heterocycles. The molecule has 2 unspecified atom stereocenters. The van der Waals surface area contributed by atoms with Crippen LogP contribution in [0, 0.1) is 17.0 Å². The highest BCUT2D eigenvalue weighted by Crippen LogP contribution is 2.24. The third-order valence-corrected chi connectivity index (χ3v) is 5.10. The fourth-order valence-electron chi connectivity index (χ4n) is 3.71. The third-order valence-electron chi connectivity index (χ3n) is 5.10. The summed E-state index contributed by atoms with van der Waals surface area (Å²) in [5.41, 5.74) is 0.809. The molecule has 1 aromatic rings. The van der Waals surface area contributed by atoms with Crippen LogP contribution in [0.15, 0.2) is 18.2 Å². The molecule has 2 fully saturated rings. The monoisotopic (exact) mass is 360 g/mol. The summed E-state index contributed by atoms with van der Waals surface area (Å²) in [6, 6.07) is 3.97. The predicted octanol–water partition coefficient (Wildman–Crippen LogP) is 1.38. The van der Waals surface area contributed by atoms with Crippen molar-refractivity contribution in [1.82, 2.24) is 15.5 Å². The van der Waals surface area contributed by atoms with Gasteiger partial charge < -0.3 is 15.5 Å². The van der Waals surface area contributed by atoms with Gasteiger partial charge in [0.15, 0.2) is 0 Å². The number of nitro groups is 1. The average Bonchev–Trinajstić information content (AvgIpc) is 3.11. The highest BCUT2D eigenvalue weighted by molar-refractivity contribution is 5.98. The number of piperidine rings is 1. The van der Waals surface area contributed by atoms with Gasteiger partial charge in [-0.25, -0.2) is 0 Å². The Morgan fingerprint density at radius 3 is 2.77 bits per heavy atom. The fourth-order valence-corrected chi connectivity index (χ4v) is 3.71. The van der Waals surface area contributed by atoms with Gasteiger partial charge in [-0.2, -0.15) is 0 Å². The molecule has 0 radical (unpaired) electrons. The second-order valence-electron chi connectivity index (χ2n) is 6.97. The van der Waals surface area contributed by atoms with Gasteiger partial charge in [-0.1, -0.05) is 0 Å². The summed E-state index contributed by atoms with van der Waals surface area (Å²) in [5, 5.41) is 17.3. The number of nitrogens with one attached hydrogen (secondary N) is 2. The van der Waals surface area contributed by atoms with E-state index in [2.05, 4.69) is 10.6 Å². The molecule has 26 heavy (non-hydrogen) atoms. The number of hydrogen-bond donors (Lipinski definition) is 2. The quantitative estimate of drug-likeness (QED) is 0.623. The second kappa shape index (κ2) is 7.82. The summed E-state index contributed by atoms with van der Waals surface area (Å²) in [7, 11) is 0. The van der Waals surface area contributed by atoms with E-state index in [0.29, 0.717) is 24.1 Å². The molecule has 1 aromatic carbocycles. The summed E-state index contributed by atoms with van der Waals surface area (Å²) < 4.78 is 0. The van der Waals surface area contributed by atoms with Crippen LogP contribution in [-0.2, 0) is 4.79 Å².